The third-order valence-electron chi connectivity index (χ3n) is 3.17. The maximum Gasteiger partial charge on any atom is 0.260 e. The summed E-state index contributed by atoms with van der Waals surface area (Å²) in [5.41, 5.74) is 1.88. The van der Waals surface area contributed by atoms with Crippen molar-refractivity contribution in [1.29, 1.82) is 0 Å². The monoisotopic (exact) mass is 283 g/mol. The lowest BCUT2D eigenvalue weighted by molar-refractivity contribution is 0.425. The highest BCUT2D eigenvalue weighted by Gasteiger charge is 2.13. The molecule has 1 aromatic carbocycles. The third-order valence-corrected chi connectivity index (χ3v) is 3.17. The molecule has 1 N–H and O–H groups in total. The quantitative estimate of drug-likeness (QED) is 0.773. The molecule has 0 aliphatic carbocycles. The van der Waals surface area contributed by atoms with E-state index in [9.17, 15) is 0 Å². The number of aryl methyl sites for hydroxylation is 1. The van der Waals surface area contributed by atoms with Gasteiger partial charge in [0.25, 0.3) is 5.89 Å². The first-order valence-electron chi connectivity index (χ1n) is 6.91. The Hall–Kier alpha value is -2.56. The van der Waals surface area contributed by atoms with Gasteiger partial charge in [0.1, 0.15) is 5.76 Å². The van der Waals surface area contributed by atoms with Crippen molar-refractivity contribution in [2.45, 2.75) is 26.3 Å². The van der Waals surface area contributed by atoms with Gasteiger partial charge >= 0.3 is 0 Å². The summed E-state index contributed by atoms with van der Waals surface area (Å²) >= 11 is 0. The van der Waals surface area contributed by atoms with E-state index in [2.05, 4.69) is 22.4 Å². The fourth-order valence-electron chi connectivity index (χ4n) is 2.25. The molecule has 0 amide bonds. The smallest absolute Gasteiger partial charge is 0.260 e. The summed E-state index contributed by atoms with van der Waals surface area (Å²) in [6.45, 7) is 3.92. The molecule has 1 unspecified atom stereocenters. The summed E-state index contributed by atoms with van der Waals surface area (Å²) in [6, 6.07) is 12.0. The number of rotatable bonds is 5. The van der Waals surface area contributed by atoms with Gasteiger partial charge in [0.05, 0.1) is 11.8 Å². The zero-order valence-electron chi connectivity index (χ0n) is 12.0. The number of anilines is 1. The first kappa shape index (κ1) is 13.4. The van der Waals surface area contributed by atoms with Crippen molar-refractivity contribution in [1.82, 2.24) is 10.1 Å². The van der Waals surface area contributed by atoms with Crippen LogP contribution in [0, 0.1) is 6.92 Å². The van der Waals surface area contributed by atoms with Gasteiger partial charge < -0.3 is 14.3 Å². The summed E-state index contributed by atoms with van der Waals surface area (Å²) in [5.74, 6) is 2.12. The lowest BCUT2D eigenvalue weighted by atomic mass is 10.1. The minimum absolute atomic E-state index is 0.223. The van der Waals surface area contributed by atoms with Crippen molar-refractivity contribution in [2.75, 3.05) is 5.32 Å². The molecule has 3 aromatic rings. The van der Waals surface area contributed by atoms with Crippen LogP contribution in [0.2, 0.25) is 0 Å². The van der Waals surface area contributed by atoms with Crippen LogP contribution in [0.4, 0.5) is 5.69 Å². The molecular formula is C16H17N3O2. The first-order chi connectivity index (χ1) is 10.2. The molecule has 1 atom stereocenters. The van der Waals surface area contributed by atoms with Crippen LogP contribution in [-0.4, -0.2) is 16.2 Å². The standard InChI is InChI=1S/C16H17N3O2/c1-11(10-13-6-5-9-20-13)17-15-8-4-3-7-14(15)16-18-12(2)19-21-16/h3-9,11,17H,10H2,1-2H3. The van der Waals surface area contributed by atoms with Gasteiger partial charge in [-0.25, -0.2) is 0 Å². The molecule has 2 aromatic heterocycles. The van der Waals surface area contributed by atoms with Gasteiger partial charge in [-0.1, -0.05) is 17.3 Å². The predicted octanol–water partition coefficient (Wildman–Crippen LogP) is 3.68. The molecular weight excluding hydrogens is 266 g/mol. The summed E-state index contributed by atoms with van der Waals surface area (Å²) in [6.07, 6.45) is 2.50. The average molecular weight is 283 g/mol. The third kappa shape index (κ3) is 3.13. The molecule has 21 heavy (non-hydrogen) atoms. The van der Waals surface area contributed by atoms with E-state index < -0.39 is 0 Å². The van der Waals surface area contributed by atoms with E-state index in [-0.39, 0.29) is 6.04 Å². The minimum atomic E-state index is 0.223. The summed E-state index contributed by atoms with van der Waals surface area (Å²) < 4.78 is 10.6. The number of hydrogen-bond donors (Lipinski definition) is 1. The van der Waals surface area contributed by atoms with Gasteiger partial charge in [0, 0.05) is 18.2 Å². The number of para-hydroxylation sites is 1. The molecule has 0 aliphatic rings. The van der Waals surface area contributed by atoms with E-state index in [0.717, 1.165) is 23.4 Å². The highest BCUT2D eigenvalue weighted by atomic mass is 16.5. The second-order valence-corrected chi connectivity index (χ2v) is 5.02. The van der Waals surface area contributed by atoms with E-state index in [0.29, 0.717) is 11.7 Å². The molecule has 108 valence electrons. The molecule has 5 heteroatoms. The van der Waals surface area contributed by atoms with Crippen molar-refractivity contribution in [3.8, 4) is 11.5 Å². The Morgan fingerprint density at radius 2 is 2.05 bits per heavy atom. The number of hydrogen-bond acceptors (Lipinski definition) is 5. The first-order valence-corrected chi connectivity index (χ1v) is 6.91. The number of aromatic nitrogens is 2. The van der Waals surface area contributed by atoms with Crippen molar-refractivity contribution in [2.24, 2.45) is 0 Å². The van der Waals surface area contributed by atoms with Crippen LogP contribution < -0.4 is 5.32 Å². The van der Waals surface area contributed by atoms with Crippen LogP contribution in [0.25, 0.3) is 11.5 Å². The van der Waals surface area contributed by atoms with Gasteiger partial charge in [0.15, 0.2) is 5.82 Å². The molecule has 0 radical (unpaired) electrons. The Balaban J connectivity index is 1.79. The van der Waals surface area contributed by atoms with Crippen molar-refractivity contribution >= 4 is 5.69 Å². The zero-order chi connectivity index (χ0) is 14.7. The molecule has 0 saturated carbocycles. The molecule has 5 nitrogen and oxygen atoms in total. The normalized spacial score (nSPS) is 12.3. The molecule has 0 bridgehead atoms. The Bertz CT molecular complexity index is 704. The van der Waals surface area contributed by atoms with Gasteiger partial charge in [-0.15, -0.1) is 0 Å². The second kappa shape index (κ2) is 5.83. The largest absolute Gasteiger partial charge is 0.469 e. The van der Waals surface area contributed by atoms with E-state index in [1.165, 1.54) is 0 Å². The van der Waals surface area contributed by atoms with Gasteiger partial charge in [-0.05, 0) is 38.1 Å². The maximum absolute atomic E-state index is 5.38. The van der Waals surface area contributed by atoms with Gasteiger partial charge in [0.2, 0.25) is 0 Å². The fourth-order valence-corrected chi connectivity index (χ4v) is 2.25. The van der Waals surface area contributed by atoms with Crippen molar-refractivity contribution in [3.05, 3.63) is 54.2 Å². The predicted molar refractivity (Wildman–Crippen MR) is 80.0 cm³/mol. The van der Waals surface area contributed by atoms with Crippen LogP contribution in [0.3, 0.4) is 0 Å². The van der Waals surface area contributed by atoms with E-state index in [1.54, 1.807) is 6.26 Å². The van der Waals surface area contributed by atoms with Crippen molar-refractivity contribution < 1.29 is 8.94 Å². The van der Waals surface area contributed by atoms with E-state index in [1.807, 2.05) is 43.3 Å². The summed E-state index contributed by atoms with van der Waals surface area (Å²) in [5, 5.41) is 7.31. The molecule has 3 rings (SSSR count). The van der Waals surface area contributed by atoms with Crippen LogP contribution >= 0.6 is 0 Å². The van der Waals surface area contributed by atoms with Crippen LogP contribution in [0.5, 0.6) is 0 Å². The van der Waals surface area contributed by atoms with E-state index in [4.69, 9.17) is 8.94 Å². The highest BCUT2D eigenvalue weighted by molar-refractivity contribution is 5.72. The van der Waals surface area contributed by atoms with Gasteiger partial charge in [-0.2, -0.15) is 4.98 Å². The van der Waals surface area contributed by atoms with Crippen molar-refractivity contribution in [3.63, 3.8) is 0 Å². The van der Waals surface area contributed by atoms with Crippen LogP contribution in [-0.2, 0) is 6.42 Å². The summed E-state index contributed by atoms with van der Waals surface area (Å²) in [7, 11) is 0. The Kier molecular flexibility index (Phi) is 3.73. The minimum Gasteiger partial charge on any atom is -0.469 e. The Morgan fingerprint density at radius 1 is 1.19 bits per heavy atom. The average Bonchev–Trinajstić information content (AvgIpc) is 3.11. The zero-order valence-corrected chi connectivity index (χ0v) is 12.0. The number of nitrogens with one attached hydrogen (secondary N) is 1. The summed E-state index contributed by atoms with van der Waals surface area (Å²) in [4.78, 5) is 4.29. The fraction of sp³-hybridized carbons (Fsp3) is 0.250. The maximum atomic E-state index is 5.38. The Labute approximate surface area is 123 Å². The number of nitrogens with zero attached hydrogens (tertiary/aromatic N) is 2. The Morgan fingerprint density at radius 3 is 2.76 bits per heavy atom. The van der Waals surface area contributed by atoms with Gasteiger partial charge in [-0.3, -0.25) is 0 Å². The second-order valence-electron chi connectivity index (χ2n) is 5.02. The van der Waals surface area contributed by atoms with Crippen LogP contribution in [0.1, 0.15) is 18.5 Å². The SMILES string of the molecule is Cc1noc(-c2ccccc2NC(C)Cc2ccco2)n1. The number of furan rings is 1. The van der Waals surface area contributed by atoms with E-state index >= 15 is 0 Å². The topological polar surface area (TPSA) is 64.1 Å². The molecule has 0 aliphatic heterocycles. The molecule has 0 spiro atoms. The molecule has 0 fully saturated rings. The highest BCUT2D eigenvalue weighted by Crippen LogP contribution is 2.27. The number of benzene rings is 1. The lowest BCUT2D eigenvalue weighted by Gasteiger charge is -2.16. The molecule has 0 saturated heterocycles. The molecule has 2 heterocycles. The lowest BCUT2D eigenvalue weighted by Crippen LogP contribution is -2.18. The van der Waals surface area contributed by atoms with Crippen LogP contribution in [0.15, 0.2) is 51.6 Å².